The Morgan fingerprint density at radius 2 is 2.04 bits per heavy atom. The summed E-state index contributed by atoms with van der Waals surface area (Å²) in [5.74, 6) is 3.33. The zero-order valence-corrected chi connectivity index (χ0v) is 13.5. The third-order valence-electron chi connectivity index (χ3n) is 5.40. The van der Waals surface area contributed by atoms with Crippen LogP contribution in [0, 0.1) is 11.8 Å². The second-order valence-corrected chi connectivity index (χ2v) is 6.96. The molecule has 23 heavy (non-hydrogen) atoms. The molecule has 0 aromatic heterocycles. The molecule has 3 aliphatic carbocycles. The van der Waals surface area contributed by atoms with Gasteiger partial charge in [-0.15, -0.1) is 0 Å². The topological polar surface area (TPSA) is 47.6 Å². The van der Waals surface area contributed by atoms with Crippen LogP contribution in [0.4, 0.5) is 5.69 Å². The molecule has 2 bridgehead atoms. The number of rotatable bonds is 5. The fourth-order valence-electron chi connectivity index (χ4n) is 4.22. The van der Waals surface area contributed by atoms with E-state index >= 15 is 0 Å². The Bertz CT molecular complexity index is 652. The summed E-state index contributed by atoms with van der Waals surface area (Å²) in [6, 6.07) is 5.90. The highest BCUT2D eigenvalue weighted by atomic mass is 16.5. The number of ketones is 1. The molecule has 2 saturated carbocycles. The first-order chi connectivity index (χ1) is 11.2. The summed E-state index contributed by atoms with van der Waals surface area (Å²) in [5.41, 5.74) is 1.93. The van der Waals surface area contributed by atoms with Crippen molar-refractivity contribution in [3.05, 3.63) is 30.0 Å². The van der Waals surface area contributed by atoms with Crippen molar-refractivity contribution in [2.75, 3.05) is 12.4 Å². The van der Waals surface area contributed by atoms with Gasteiger partial charge in [0.05, 0.1) is 7.11 Å². The number of carbonyl (C=O) groups is 1. The Morgan fingerprint density at radius 1 is 1.13 bits per heavy atom. The Hall–Kier alpha value is -1.97. The zero-order valence-electron chi connectivity index (χ0n) is 13.5. The lowest BCUT2D eigenvalue weighted by Crippen LogP contribution is -2.23. The van der Waals surface area contributed by atoms with Gasteiger partial charge < -0.3 is 14.8 Å². The minimum atomic E-state index is 0.194. The van der Waals surface area contributed by atoms with Crippen molar-refractivity contribution in [3.8, 4) is 11.5 Å². The van der Waals surface area contributed by atoms with E-state index in [-0.39, 0.29) is 5.78 Å². The molecule has 1 aromatic carbocycles. The zero-order chi connectivity index (χ0) is 15.8. The summed E-state index contributed by atoms with van der Waals surface area (Å²) >= 11 is 0. The number of ether oxygens (including phenoxy) is 2. The summed E-state index contributed by atoms with van der Waals surface area (Å²) in [6.45, 7) is 0. The summed E-state index contributed by atoms with van der Waals surface area (Å²) in [6.07, 6.45) is 8.56. The van der Waals surface area contributed by atoms with E-state index in [1.54, 1.807) is 13.2 Å². The molecule has 0 heterocycles. The number of anilines is 1. The lowest BCUT2D eigenvalue weighted by molar-refractivity contribution is -0.114. The molecule has 2 fully saturated rings. The van der Waals surface area contributed by atoms with Crippen LogP contribution in [-0.4, -0.2) is 19.0 Å². The number of nitrogens with one attached hydrogen (secondary N) is 1. The van der Waals surface area contributed by atoms with Gasteiger partial charge in [0.25, 0.3) is 0 Å². The van der Waals surface area contributed by atoms with Crippen LogP contribution >= 0.6 is 0 Å². The average molecular weight is 313 g/mol. The van der Waals surface area contributed by atoms with Crippen molar-refractivity contribution >= 4 is 11.5 Å². The van der Waals surface area contributed by atoms with E-state index in [2.05, 4.69) is 5.32 Å². The monoisotopic (exact) mass is 313 g/mol. The van der Waals surface area contributed by atoms with E-state index in [4.69, 9.17) is 9.47 Å². The number of hydrogen-bond donors (Lipinski definition) is 1. The van der Waals surface area contributed by atoms with Crippen LogP contribution < -0.4 is 14.8 Å². The Morgan fingerprint density at radius 3 is 2.70 bits per heavy atom. The molecule has 122 valence electrons. The van der Waals surface area contributed by atoms with Crippen LogP contribution in [0.25, 0.3) is 0 Å². The first-order valence-electron chi connectivity index (χ1n) is 8.56. The molecule has 0 aliphatic heterocycles. The van der Waals surface area contributed by atoms with Gasteiger partial charge in [0.1, 0.15) is 6.10 Å². The minimum Gasteiger partial charge on any atom is -0.493 e. The normalized spacial score (nSPS) is 28.8. The van der Waals surface area contributed by atoms with Gasteiger partial charge >= 0.3 is 0 Å². The highest BCUT2D eigenvalue weighted by Gasteiger charge is 2.41. The van der Waals surface area contributed by atoms with Gasteiger partial charge in [0.2, 0.25) is 0 Å². The largest absolute Gasteiger partial charge is 0.493 e. The Labute approximate surface area is 136 Å². The fraction of sp³-hybridized carbons (Fsp3) is 0.526. The van der Waals surface area contributed by atoms with Crippen molar-refractivity contribution in [2.45, 2.75) is 44.6 Å². The standard InChI is InChI=1S/C19H23NO3/c1-22-17-7-5-15(20-14-4-6-16(21)10-14)11-19(17)23-18-9-12-2-3-13(18)8-12/h5,7,10-13,18,20H,2-4,6,8-9H2,1H3. The van der Waals surface area contributed by atoms with E-state index in [1.807, 2.05) is 18.2 Å². The molecule has 0 spiro atoms. The van der Waals surface area contributed by atoms with Crippen LogP contribution in [0.3, 0.4) is 0 Å². The molecule has 0 radical (unpaired) electrons. The van der Waals surface area contributed by atoms with E-state index < -0.39 is 0 Å². The van der Waals surface area contributed by atoms with Crippen LogP contribution in [0.2, 0.25) is 0 Å². The molecule has 1 aromatic rings. The van der Waals surface area contributed by atoms with Gasteiger partial charge in [-0.25, -0.2) is 0 Å². The lowest BCUT2D eigenvalue weighted by Gasteiger charge is -2.24. The fourth-order valence-corrected chi connectivity index (χ4v) is 4.22. The maximum atomic E-state index is 11.4. The highest BCUT2D eigenvalue weighted by molar-refractivity contribution is 5.93. The smallest absolute Gasteiger partial charge is 0.163 e. The van der Waals surface area contributed by atoms with Crippen molar-refractivity contribution in [3.63, 3.8) is 0 Å². The van der Waals surface area contributed by atoms with E-state index in [9.17, 15) is 4.79 Å². The molecule has 4 nitrogen and oxygen atoms in total. The maximum Gasteiger partial charge on any atom is 0.163 e. The van der Waals surface area contributed by atoms with Gasteiger partial charge in [0.15, 0.2) is 17.3 Å². The first-order valence-corrected chi connectivity index (χ1v) is 8.56. The second kappa shape index (κ2) is 5.91. The van der Waals surface area contributed by atoms with E-state index in [1.165, 1.54) is 25.7 Å². The quantitative estimate of drug-likeness (QED) is 0.895. The molecule has 0 amide bonds. The first kappa shape index (κ1) is 14.6. The number of fused-ring (bicyclic) bond motifs is 2. The second-order valence-electron chi connectivity index (χ2n) is 6.96. The van der Waals surface area contributed by atoms with Crippen molar-refractivity contribution < 1.29 is 14.3 Å². The molecular formula is C19H23NO3. The molecule has 3 atom stereocenters. The van der Waals surface area contributed by atoms with Gasteiger partial charge in [-0.05, 0) is 56.1 Å². The van der Waals surface area contributed by atoms with Gasteiger partial charge in [0, 0.05) is 29.9 Å². The number of benzene rings is 1. The van der Waals surface area contributed by atoms with E-state index in [0.29, 0.717) is 18.4 Å². The highest BCUT2D eigenvalue weighted by Crippen LogP contribution is 2.47. The van der Waals surface area contributed by atoms with Crippen LogP contribution in [0.1, 0.15) is 38.5 Å². The van der Waals surface area contributed by atoms with Crippen LogP contribution in [0.5, 0.6) is 11.5 Å². The van der Waals surface area contributed by atoms with Gasteiger partial charge in [-0.2, -0.15) is 0 Å². The van der Waals surface area contributed by atoms with Gasteiger partial charge in [-0.1, -0.05) is 0 Å². The molecular weight excluding hydrogens is 290 g/mol. The van der Waals surface area contributed by atoms with Crippen molar-refractivity contribution in [1.82, 2.24) is 0 Å². The summed E-state index contributed by atoms with van der Waals surface area (Å²) in [4.78, 5) is 11.4. The Balaban J connectivity index is 1.51. The molecule has 0 saturated heterocycles. The predicted molar refractivity (Wildman–Crippen MR) is 88.8 cm³/mol. The number of methoxy groups -OCH3 is 1. The number of allylic oxidation sites excluding steroid dienone is 2. The third-order valence-corrected chi connectivity index (χ3v) is 5.40. The van der Waals surface area contributed by atoms with Gasteiger partial charge in [-0.3, -0.25) is 4.79 Å². The number of hydrogen-bond acceptors (Lipinski definition) is 4. The predicted octanol–water partition coefficient (Wildman–Crippen LogP) is 3.92. The Kier molecular flexibility index (Phi) is 3.76. The van der Waals surface area contributed by atoms with Crippen LogP contribution in [0.15, 0.2) is 30.0 Å². The summed E-state index contributed by atoms with van der Waals surface area (Å²) in [7, 11) is 1.67. The molecule has 1 N–H and O–H groups in total. The lowest BCUT2D eigenvalue weighted by atomic mass is 9.98. The van der Waals surface area contributed by atoms with Crippen molar-refractivity contribution in [1.29, 1.82) is 0 Å². The number of carbonyl (C=O) groups excluding carboxylic acids is 1. The third kappa shape index (κ3) is 2.94. The SMILES string of the molecule is COc1ccc(NC2=CC(=O)CC2)cc1OC1CC2CCC1C2. The van der Waals surface area contributed by atoms with Crippen molar-refractivity contribution in [2.24, 2.45) is 11.8 Å². The minimum absolute atomic E-state index is 0.194. The van der Waals surface area contributed by atoms with Crippen LogP contribution in [-0.2, 0) is 4.79 Å². The van der Waals surface area contributed by atoms with E-state index in [0.717, 1.165) is 35.2 Å². The molecule has 4 heteroatoms. The summed E-state index contributed by atoms with van der Waals surface area (Å²) in [5, 5.41) is 3.33. The molecule has 3 aliphatic rings. The molecule has 3 unspecified atom stereocenters. The molecule has 4 rings (SSSR count). The maximum absolute atomic E-state index is 11.4. The summed E-state index contributed by atoms with van der Waals surface area (Å²) < 4.78 is 11.8. The average Bonchev–Trinajstić information content (AvgIpc) is 3.25.